The molecular weight excluding hydrogens is 206 g/mol. The molecule has 0 aliphatic carbocycles. The van der Waals surface area contributed by atoms with E-state index < -0.39 is 0 Å². The Bertz CT molecular complexity index is 494. The van der Waals surface area contributed by atoms with Gasteiger partial charge in [-0.3, -0.25) is 9.59 Å². The molecule has 5 nitrogen and oxygen atoms in total. The third-order valence-corrected chi connectivity index (χ3v) is 3.04. The van der Waals surface area contributed by atoms with Crippen LogP contribution in [0.5, 0.6) is 0 Å². The van der Waals surface area contributed by atoms with Crippen LogP contribution in [0.1, 0.15) is 27.1 Å². The van der Waals surface area contributed by atoms with Crippen LogP contribution < -0.4 is 5.73 Å². The minimum atomic E-state index is -0.294. The van der Waals surface area contributed by atoms with Crippen molar-refractivity contribution in [3.8, 4) is 0 Å². The Morgan fingerprint density at radius 2 is 1.88 bits per heavy atom. The monoisotopic (exact) mass is 217 g/mol. The molecule has 2 aliphatic rings. The average molecular weight is 217 g/mol. The van der Waals surface area contributed by atoms with E-state index in [-0.39, 0.29) is 11.8 Å². The molecule has 0 spiro atoms. The molecule has 0 radical (unpaired) electrons. The van der Waals surface area contributed by atoms with Gasteiger partial charge in [0.2, 0.25) is 0 Å². The largest absolute Gasteiger partial charge is 0.398 e. The number of carbonyl (C=O) groups excluding carboxylic acids is 2. The fraction of sp³-hybridized carbons (Fsp3) is 0.273. The van der Waals surface area contributed by atoms with Crippen LogP contribution in [0.4, 0.5) is 5.69 Å². The lowest BCUT2D eigenvalue weighted by Crippen LogP contribution is -2.53. The highest BCUT2D eigenvalue weighted by atomic mass is 16.2. The smallest absolute Gasteiger partial charge is 0.278 e. The van der Waals surface area contributed by atoms with E-state index in [1.807, 2.05) is 0 Å². The van der Waals surface area contributed by atoms with Gasteiger partial charge in [0, 0.05) is 18.8 Å². The molecule has 5 heteroatoms. The Balaban J connectivity index is 2.09. The molecule has 1 aromatic carbocycles. The zero-order valence-electron chi connectivity index (χ0n) is 8.64. The summed E-state index contributed by atoms with van der Waals surface area (Å²) in [4.78, 5) is 24.0. The molecule has 0 unspecified atom stereocenters. The number of hydrogen-bond acceptors (Lipinski definition) is 4. The van der Waals surface area contributed by atoms with E-state index in [0.717, 1.165) is 19.5 Å². The maximum atomic E-state index is 12.0. The number of amides is 2. The Morgan fingerprint density at radius 3 is 2.44 bits per heavy atom. The van der Waals surface area contributed by atoms with Crippen LogP contribution in [0, 0.1) is 0 Å². The van der Waals surface area contributed by atoms with Crippen molar-refractivity contribution in [3.05, 3.63) is 29.3 Å². The topological polar surface area (TPSA) is 66.6 Å². The summed E-state index contributed by atoms with van der Waals surface area (Å²) < 4.78 is 0. The molecule has 1 saturated heterocycles. The predicted octanol–water partition coefficient (Wildman–Crippen LogP) is 0.486. The minimum Gasteiger partial charge on any atom is -0.398 e. The second-order valence-corrected chi connectivity index (χ2v) is 4.00. The van der Waals surface area contributed by atoms with Crippen LogP contribution in [0.25, 0.3) is 0 Å². The van der Waals surface area contributed by atoms with E-state index in [4.69, 9.17) is 5.73 Å². The molecule has 3 rings (SSSR count). The lowest BCUT2D eigenvalue weighted by molar-refractivity contribution is -0.0283. The van der Waals surface area contributed by atoms with Crippen molar-refractivity contribution in [3.63, 3.8) is 0 Å². The fourth-order valence-corrected chi connectivity index (χ4v) is 2.06. The van der Waals surface area contributed by atoms with Crippen molar-refractivity contribution in [2.24, 2.45) is 0 Å². The summed E-state index contributed by atoms with van der Waals surface area (Å²) in [5, 5.41) is 2.97. The Labute approximate surface area is 92.4 Å². The molecule has 1 aromatic rings. The van der Waals surface area contributed by atoms with Crippen molar-refractivity contribution < 1.29 is 9.59 Å². The van der Waals surface area contributed by atoms with E-state index in [9.17, 15) is 9.59 Å². The van der Waals surface area contributed by atoms with Crippen LogP contribution in [-0.2, 0) is 0 Å². The van der Waals surface area contributed by atoms with Crippen LogP contribution in [0.2, 0.25) is 0 Å². The van der Waals surface area contributed by atoms with E-state index in [1.54, 1.807) is 23.2 Å². The third kappa shape index (κ3) is 1.03. The fourth-order valence-electron chi connectivity index (χ4n) is 2.06. The van der Waals surface area contributed by atoms with E-state index in [2.05, 4.69) is 0 Å². The average Bonchev–Trinajstić information content (AvgIpc) is 2.42. The molecule has 2 aliphatic heterocycles. The molecule has 0 atom stereocenters. The van der Waals surface area contributed by atoms with Gasteiger partial charge < -0.3 is 5.73 Å². The molecule has 16 heavy (non-hydrogen) atoms. The van der Waals surface area contributed by atoms with Crippen molar-refractivity contribution in [1.29, 1.82) is 0 Å². The summed E-state index contributed by atoms with van der Waals surface area (Å²) in [7, 11) is 0. The molecule has 82 valence electrons. The van der Waals surface area contributed by atoms with Gasteiger partial charge in [0.1, 0.15) is 0 Å². The van der Waals surface area contributed by atoms with Gasteiger partial charge in [-0.2, -0.15) is 0 Å². The predicted molar refractivity (Wildman–Crippen MR) is 57.5 cm³/mol. The van der Waals surface area contributed by atoms with E-state index >= 15 is 0 Å². The summed E-state index contributed by atoms with van der Waals surface area (Å²) in [5.74, 6) is -0.551. The number of nitrogens with two attached hydrogens (primary N) is 1. The summed E-state index contributed by atoms with van der Waals surface area (Å²) in [6, 6.07) is 4.98. The first-order valence-corrected chi connectivity index (χ1v) is 5.22. The zero-order valence-corrected chi connectivity index (χ0v) is 8.64. The van der Waals surface area contributed by atoms with Crippen LogP contribution >= 0.6 is 0 Å². The molecule has 2 heterocycles. The number of hydrogen-bond donors (Lipinski definition) is 1. The van der Waals surface area contributed by atoms with Gasteiger partial charge in [0.05, 0.1) is 11.1 Å². The quantitative estimate of drug-likeness (QED) is 0.549. The van der Waals surface area contributed by atoms with Gasteiger partial charge in [-0.25, -0.2) is 10.0 Å². The number of imide groups is 1. The molecular formula is C11H11N3O2. The normalized spacial score (nSPS) is 19.9. The van der Waals surface area contributed by atoms with E-state index in [1.165, 1.54) is 5.01 Å². The number of hydrazine groups is 1. The summed E-state index contributed by atoms with van der Waals surface area (Å²) in [5.41, 5.74) is 6.86. The van der Waals surface area contributed by atoms with Crippen LogP contribution in [0.15, 0.2) is 18.2 Å². The van der Waals surface area contributed by atoms with Crippen LogP contribution in [-0.4, -0.2) is 34.9 Å². The molecule has 2 N–H and O–H groups in total. The van der Waals surface area contributed by atoms with Gasteiger partial charge in [0.15, 0.2) is 0 Å². The number of nitrogen functional groups attached to an aromatic ring is 1. The van der Waals surface area contributed by atoms with Crippen LogP contribution in [0.3, 0.4) is 0 Å². The number of fused-ring (bicyclic) bond motifs is 1. The second-order valence-electron chi connectivity index (χ2n) is 4.00. The van der Waals surface area contributed by atoms with Crippen molar-refractivity contribution in [2.45, 2.75) is 6.42 Å². The van der Waals surface area contributed by atoms with E-state index in [0.29, 0.717) is 16.8 Å². The molecule has 1 fully saturated rings. The zero-order chi connectivity index (χ0) is 11.3. The standard InChI is InChI=1S/C11H11N3O2/c12-8-4-1-3-7-9(8)11(16)14(10(7)15)13-5-2-6-13/h1,3-4H,2,5-6,12H2. The highest BCUT2D eigenvalue weighted by molar-refractivity contribution is 6.23. The number of nitrogens with zero attached hydrogens (tertiary/aromatic N) is 2. The molecule has 2 amide bonds. The SMILES string of the molecule is Nc1cccc2c1C(=O)N(N1CCC1)C2=O. The third-order valence-electron chi connectivity index (χ3n) is 3.04. The van der Waals surface area contributed by atoms with Gasteiger partial charge in [0.25, 0.3) is 11.8 Å². The van der Waals surface area contributed by atoms with Crippen molar-refractivity contribution in [2.75, 3.05) is 18.8 Å². The van der Waals surface area contributed by atoms with Gasteiger partial charge in [-0.05, 0) is 18.6 Å². The van der Waals surface area contributed by atoms with Gasteiger partial charge in [-0.1, -0.05) is 6.07 Å². The highest BCUT2D eigenvalue weighted by Crippen LogP contribution is 2.30. The molecule has 0 aromatic heterocycles. The molecule has 0 bridgehead atoms. The molecule has 0 saturated carbocycles. The summed E-state index contributed by atoms with van der Waals surface area (Å²) >= 11 is 0. The summed E-state index contributed by atoms with van der Waals surface area (Å²) in [6.45, 7) is 1.51. The highest BCUT2D eigenvalue weighted by Gasteiger charge is 2.42. The summed E-state index contributed by atoms with van der Waals surface area (Å²) in [6.07, 6.45) is 1.02. The second kappa shape index (κ2) is 3.05. The maximum absolute atomic E-state index is 12.0. The Hall–Kier alpha value is -1.88. The maximum Gasteiger partial charge on any atom is 0.278 e. The first-order chi connectivity index (χ1) is 7.70. The first-order valence-electron chi connectivity index (χ1n) is 5.22. The minimum absolute atomic E-state index is 0.257. The lowest BCUT2D eigenvalue weighted by atomic mass is 10.1. The first kappa shape index (κ1) is 9.35. The van der Waals surface area contributed by atoms with Gasteiger partial charge >= 0.3 is 0 Å². The lowest BCUT2D eigenvalue weighted by Gasteiger charge is -2.36. The van der Waals surface area contributed by atoms with Gasteiger partial charge in [-0.15, -0.1) is 0 Å². The van der Waals surface area contributed by atoms with Crippen molar-refractivity contribution >= 4 is 17.5 Å². The number of benzene rings is 1. The number of rotatable bonds is 1. The Morgan fingerprint density at radius 1 is 1.12 bits per heavy atom. The van der Waals surface area contributed by atoms with Crippen molar-refractivity contribution in [1.82, 2.24) is 10.0 Å². The number of anilines is 1. The number of carbonyl (C=O) groups is 2. The Kier molecular flexibility index (Phi) is 1.79.